The first kappa shape index (κ1) is 21.4. The largest absolute Gasteiger partial charge is 0.497 e. The van der Waals surface area contributed by atoms with Gasteiger partial charge in [0.25, 0.3) is 5.56 Å². The monoisotopic (exact) mass is 441 g/mol. The Morgan fingerprint density at radius 1 is 1.29 bits per heavy atom. The van der Waals surface area contributed by atoms with Crippen LogP contribution in [0.1, 0.15) is 22.4 Å². The minimum Gasteiger partial charge on any atom is -0.497 e. The third kappa shape index (κ3) is 4.04. The zero-order valence-electron chi connectivity index (χ0n) is 18.3. The fraction of sp³-hybridized carbons (Fsp3) is 0.435. The molecule has 0 bridgehead atoms. The standard InChI is InChI=1S/C23H27N3O4S/c1-25(2)22(27)15-5-7-17-19(12-15)31-21-20(17)23(28)26(13-24-21)10-9-14-11-16(29-3)6-8-18(14)30-4/h6,8,11,13,15H,5,7,9-10,12H2,1-4H3. The fourth-order valence-electron chi connectivity index (χ4n) is 4.25. The minimum atomic E-state index is -0.0155. The van der Waals surface area contributed by atoms with Crippen LogP contribution in [0.3, 0.4) is 0 Å². The number of hydrogen-bond acceptors (Lipinski definition) is 6. The fourth-order valence-corrected chi connectivity index (χ4v) is 5.51. The predicted octanol–water partition coefficient (Wildman–Crippen LogP) is 2.91. The normalized spacial score (nSPS) is 15.5. The van der Waals surface area contributed by atoms with E-state index in [1.807, 2.05) is 18.2 Å². The lowest BCUT2D eigenvalue weighted by Gasteiger charge is -2.24. The molecule has 1 aromatic carbocycles. The summed E-state index contributed by atoms with van der Waals surface area (Å²) in [5, 5.41) is 0.718. The van der Waals surface area contributed by atoms with E-state index in [1.165, 1.54) is 0 Å². The molecule has 0 saturated carbocycles. The van der Waals surface area contributed by atoms with Gasteiger partial charge in [0.15, 0.2) is 0 Å². The number of carbonyl (C=O) groups excluding carboxylic acids is 1. The Labute approximate surface area is 185 Å². The number of carbonyl (C=O) groups is 1. The summed E-state index contributed by atoms with van der Waals surface area (Å²) in [5.41, 5.74) is 2.04. The molecule has 0 spiro atoms. The quantitative estimate of drug-likeness (QED) is 0.588. The zero-order chi connectivity index (χ0) is 22.1. The summed E-state index contributed by atoms with van der Waals surface area (Å²) in [6.45, 7) is 0.498. The Kier molecular flexibility index (Phi) is 6.00. The molecule has 4 rings (SSSR count). The van der Waals surface area contributed by atoms with Crippen LogP contribution in [-0.4, -0.2) is 48.7 Å². The van der Waals surface area contributed by atoms with E-state index < -0.39 is 0 Å². The highest BCUT2D eigenvalue weighted by atomic mass is 32.1. The second-order valence-corrected chi connectivity index (χ2v) is 9.11. The lowest BCUT2D eigenvalue weighted by Crippen LogP contribution is -2.33. The molecule has 0 fully saturated rings. The molecule has 0 radical (unpaired) electrons. The van der Waals surface area contributed by atoms with Gasteiger partial charge >= 0.3 is 0 Å². The van der Waals surface area contributed by atoms with Gasteiger partial charge in [-0.1, -0.05) is 0 Å². The smallest absolute Gasteiger partial charge is 0.262 e. The number of nitrogens with zero attached hydrogens (tertiary/aromatic N) is 3. The lowest BCUT2D eigenvalue weighted by atomic mass is 9.87. The van der Waals surface area contributed by atoms with Crippen molar-refractivity contribution in [3.63, 3.8) is 0 Å². The third-order valence-corrected chi connectivity index (χ3v) is 7.10. The van der Waals surface area contributed by atoms with Crippen molar-refractivity contribution in [1.82, 2.24) is 14.5 Å². The number of aromatic nitrogens is 2. The summed E-state index contributed by atoms with van der Waals surface area (Å²) in [7, 11) is 6.85. The second-order valence-electron chi connectivity index (χ2n) is 8.03. The van der Waals surface area contributed by atoms with Gasteiger partial charge in [0, 0.05) is 31.4 Å². The van der Waals surface area contributed by atoms with Crippen molar-refractivity contribution in [2.24, 2.45) is 5.92 Å². The Balaban J connectivity index is 1.61. The van der Waals surface area contributed by atoms with Gasteiger partial charge in [0.05, 0.1) is 25.9 Å². The number of benzene rings is 1. The van der Waals surface area contributed by atoms with Gasteiger partial charge in [-0.2, -0.15) is 0 Å². The number of amides is 1. The average molecular weight is 442 g/mol. The maximum atomic E-state index is 13.3. The predicted molar refractivity (Wildman–Crippen MR) is 121 cm³/mol. The van der Waals surface area contributed by atoms with Crippen molar-refractivity contribution in [3.05, 3.63) is 50.9 Å². The van der Waals surface area contributed by atoms with Crippen LogP contribution in [0.2, 0.25) is 0 Å². The number of rotatable bonds is 6. The SMILES string of the molecule is COc1ccc(OC)c(CCn2cnc3sc4c(c3c2=O)CCC(C(=O)N(C)C)C4)c1. The third-order valence-electron chi connectivity index (χ3n) is 5.94. The van der Waals surface area contributed by atoms with E-state index in [0.29, 0.717) is 19.4 Å². The summed E-state index contributed by atoms with van der Waals surface area (Å²) >= 11 is 1.55. The highest BCUT2D eigenvalue weighted by molar-refractivity contribution is 7.18. The number of thiophene rings is 1. The number of hydrogen-bond donors (Lipinski definition) is 0. The van der Waals surface area contributed by atoms with E-state index in [4.69, 9.17) is 9.47 Å². The van der Waals surface area contributed by atoms with Crippen LogP contribution in [0.25, 0.3) is 10.2 Å². The molecule has 3 aromatic rings. The molecular weight excluding hydrogens is 414 g/mol. The van der Waals surface area contributed by atoms with E-state index in [2.05, 4.69) is 4.98 Å². The lowest BCUT2D eigenvalue weighted by molar-refractivity contribution is -0.133. The number of ether oxygens (including phenoxy) is 2. The highest BCUT2D eigenvalue weighted by Gasteiger charge is 2.29. The Bertz CT molecular complexity index is 1180. The van der Waals surface area contributed by atoms with Crippen molar-refractivity contribution in [2.45, 2.75) is 32.2 Å². The summed E-state index contributed by atoms with van der Waals surface area (Å²) < 4.78 is 12.4. The van der Waals surface area contributed by atoms with Gasteiger partial charge in [-0.05, 0) is 55.0 Å². The number of fused-ring (bicyclic) bond motifs is 3. The van der Waals surface area contributed by atoms with Crippen molar-refractivity contribution in [3.8, 4) is 11.5 Å². The summed E-state index contributed by atoms with van der Waals surface area (Å²) in [6, 6.07) is 5.66. The topological polar surface area (TPSA) is 73.7 Å². The molecule has 7 nitrogen and oxygen atoms in total. The molecule has 1 unspecified atom stereocenters. The number of methoxy groups -OCH3 is 2. The summed E-state index contributed by atoms with van der Waals surface area (Å²) in [4.78, 5) is 33.8. The van der Waals surface area contributed by atoms with Crippen molar-refractivity contribution in [2.75, 3.05) is 28.3 Å². The van der Waals surface area contributed by atoms with Crippen molar-refractivity contribution in [1.29, 1.82) is 0 Å². The maximum absolute atomic E-state index is 13.3. The Hall–Kier alpha value is -2.87. The van der Waals surface area contributed by atoms with Crippen LogP contribution < -0.4 is 15.0 Å². The minimum absolute atomic E-state index is 0.0123. The van der Waals surface area contributed by atoms with Gasteiger partial charge in [0.1, 0.15) is 16.3 Å². The van der Waals surface area contributed by atoms with Gasteiger partial charge in [0.2, 0.25) is 5.91 Å². The summed E-state index contributed by atoms with van der Waals surface area (Å²) in [6.07, 6.45) is 4.45. The first-order valence-electron chi connectivity index (χ1n) is 10.3. The molecule has 1 aliphatic carbocycles. The molecule has 1 amide bonds. The molecule has 31 heavy (non-hydrogen) atoms. The molecule has 0 saturated heterocycles. The van der Waals surface area contributed by atoms with E-state index >= 15 is 0 Å². The van der Waals surface area contributed by atoms with Crippen LogP contribution in [0, 0.1) is 5.92 Å². The average Bonchev–Trinajstić information content (AvgIpc) is 3.16. The molecule has 8 heteroatoms. The van der Waals surface area contributed by atoms with Crippen LogP contribution in [-0.2, 0) is 30.6 Å². The van der Waals surface area contributed by atoms with Crippen LogP contribution in [0.4, 0.5) is 0 Å². The number of aryl methyl sites for hydroxylation is 3. The van der Waals surface area contributed by atoms with Gasteiger partial charge < -0.3 is 14.4 Å². The van der Waals surface area contributed by atoms with Gasteiger partial charge in [-0.15, -0.1) is 11.3 Å². The maximum Gasteiger partial charge on any atom is 0.262 e. The molecular formula is C23H27N3O4S. The highest BCUT2D eigenvalue weighted by Crippen LogP contribution is 2.36. The first-order valence-corrected chi connectivity index (χ1v) is 11.2. The van der Waals surface area contributed by atoms with E-state index in [0.717, 1.165) is 50.6 Å². The van der Waals surface area contributed by atoms with E-state index in [-0.39, 0.29) is 17.4 Å². The van der Waals surface area contributed by atoms with Crippen LogP contribution in [0.5, 0.6) is 11.5 Å². The molecule has 2 heterocycles. The van der Waals surface area contributed by atoms with E-state index in [9.17, 15) is 9.59 Å². The van der Waals surface area contributed by atoms with Crippen molar-refractivity contribution >= 4 is 27.5 Å². The van der Waals surface area contributed by atoms with E-state index in [1.54, 1.807) is 55.4 Å². The molecule has 1 aliphatic rings. The molecule has 0 aliphatic heterocycles. The van der Waals surface area contributed by atoms with Crippen molar-refractivity contribution < 1.29 is 14.3 Å². The first-order chi connectivity index (χ1) is 14.9. The molecule has 2 aromatic heterocycles. The zero-order valence-corrected chi connectivity index (χ0v) is 19.1. The Morgan fingerprint density at radius 2 is 2.10 bits per heavy atom. The molecule has 1 atom stereocenters. The van der Waals surface area contributed by atoms with Gasteiger partial charge in [-0.3, -0.25) is 14.2 Å². The van der Waals surface area contributed by atoms with Crippen LogP contribution >= 0.6 is 11.3 Å². The Morgan fingerprint density at radius 3 is 2.81 bits per heavy atom. The second kappa shape index (κ2) is 8.70. The summed E-state index contributed by atoms with van der Waals surface area (Å²) in [5.74, 6) is 1.66. The molecule has 164 valence electrons. The van der Waals surface area contributed by atoms with Crippen LogP contribution in [0.15, 0.2) is 29.3 Å². The van der Waals surface area contributed by atoms with Gasteiger partial charge in [-0.25, -0.2) is 4.98 Å². The molecule has 0 N–H and O–H groups in total.